The van der Waals surface area contributed by atoms with E-state index in [1.807, 2.05) is 0 Å². The number of piperazine rings is 1. The Labute approximate surface area is 104 Å². The highest BCUT2D eigenvalue weighted by Gasteiger charge is 2.09. The summed E-state index contributed by atoms with van der Waals surface area (Å²) in [5.74, 6) is 0. The van der Waals surface area contributed by atoms with E-state index in [0.29, 0.717) is 0 Å². The summed E-state index contributed by atoms with van der Waals surface area (Å²) >= 11 is 0. The summed E-state index contributed by atoms with van der Waals surface area (Å²) in [7, 11) is 0. The first-order valence-electron chi connectivity index (χ1n) is 6.41. The maximum absolute atomic E-state index is 3.39. The van der Waals surface area contributed by atoms with Gasteiger partial charge in [0.05, 0.1) is 0 Å². The van der Waals surface area contributed by atoms with E-state index < -0.39 is 0 Å². The van der Waals surface area contributed by atoms with Gasteiger partial charge in [-0.2, -0.15) is 0 Å². The maximum atomic E-state index is 3.39. The molecule has 0 aliphatic carbocycles. The van der Waals surface area contributed by atoms with Crippen LogP contribution in [-0.2, 0) is 0 Å². The predicted octanol–water partition coefficient (Wildman–Crippen LogP) is 2.30. The van der Waals surface area contributed by atoms with Crippen molar-refractivity contribution < 1.29 is 0 Å². The Balaban J connectivity index is 1.99. The molecule has 1 heterocycles. The summed E-state index contributed by atoms with van der Waals surface area (Å²) in [6, 6.07) is 8.57. The molecule has 1 aliphatic heterocycles. The zero-order chi connectivity index (χ0) is 12.1. The van der Waals surface area contributed by atoms with Crippen LogP contribution in [0, 0.1) is 6.92 Å². The highest BCUT2D eigenvalue weighted by atomic mass is 15.2. The second-order valence-corrected chi connectivity index (χ2v) is 4.87. The van der Waals surface area contributed by atoms with Gasteiger partial charge in [-0.05, 0) is 25.0 Å². The van der Waals surface area contributed by atoms with E-state index in [-0.39, 0.29) is 0 Å². The molecule has 17 heavy (non-hydrogen) atoms. The number of rotatable bonds is 3. The molecule has 0 amide bonds. The summed E-state index contributed by atoms with van der Waals surface area (Å²) < 4.78 is 0. The zero-order valence-corrected chi connectivity index (χ0v) is 10.9. The Morgan fingerprint density at radius 2 is 2.00 bits per heavy atom. The van der Waals surface area contributed by atoms with Crippen molar-refractivity contribution >= 4 is 6.08 Å². The third-order valence-electron chi connectivity index (χ3n) is 3.27. The first kappa shape index (κ1) is 12.3. The molecule has 1 saturated heterocycles. The number of hydrogen-bond acceptors (Lipinski definition) is 2. The van der Waals surface area contributed by atoms with Crippen molar-refractivity contribution in [3.8, 4) is 0 Å². The lowest BCUT2D eigenvalue weighted by Crippen LogP contribution is -2.43. The normalized spacial score (nSPS) is 18.4. The molecule has 0 unspecified atom stereocenters. The van der Waals surface area contributed by atoms with Gasteiger partial charge in [0.25, 0.3) is 0 Å². The second kappa shape index (κ2) is 5.99. The molecular formula is C15H22N2. The topological polar surface area (TPSA) is 15.3 Å². The molecule has 2 heteroatoms. The van der Waals surface area contributed by atoms with Gasteiger partial charge in [0.1, 0.15) is 0 Å². The van der Waals surface area contributed by atoms with Crippen LogP contribution >= 0.6 is 0 Å². The highest BCUT2D eigenvalue weighted by molar-refractivity contribution is 5.56. The standard InChI is InChI=1S/C15H22N2/c1-13(12-17-9-7-16-8-10-17)11-15-6-4-3-5-14(15)2/h3-6,11,16H,7-10,12H2,1-2H3. The second-order valence-electron chi connectivity index (χ2n) is 4.87. The molecule has 0 aromatic heterocycles. The quantitative estimate of drug-likeness (QED) is 0.857. The van der Waals surface area contributed by atoms with Crippen LogP contribution in [0.5, 0.6) is 0 Å². The summed E-state index contributed by atoms with van der Waals surface area (Å²) in [5, 5.41) is 3.39. The van der Waals surface area contributed by atoms with E-state index in [0.717, 1.165) is 19.6 Å². The fourth-order valence-corrected chi connectivity index (χ4v) is 2.28. The molecule has 2 rings (SSSR count). The van der Waals surface area contributed by atoms with Gasteiger partial charge in [-0.3, -0.25) is 4.90 Å². The number of aryl methyl sites for hydroxylation is 1. The van der Waals surface area contributed by atoms with Crippen LogP contribution in [0.1, 0.15) is 18.1 Å². The summed E-state index contributed by atoms with van der Waals surface area (Å²) in [6.07, 6.45) is 2.32. The Morgan fingerprint density at radius 3 is 2.71 bits per heavy atom. The van der Waals surface area contributed by atoms with Crippen molar-refractivity contribution in [1.29, 1.82) is 0 Å². The molecule has 0 spiro atoms. The minimum absolute atomic E-state index is 1.09. The van der Waals surface area contributed by atoms with Gasteiger partial charge in [0, 0.05) is 32.7 Å². The Bertz CT molecular complexity index is 390. The summed E-state index contributed by atoms with van der Waals surface area (Å²) in [4.78, 5) is 2.51. The molecule has 1 aliphatic rings. The van der Waals surface area contributed by atoms with E-state index in [1.54, 1.807) is 0 Å². The molecule has 1 N–H and O–H groups in total. The third kappa shape index (κ3) is 3.69. The SMILES string of the molecule is CC(=Cc1ccccc1C)CN1CCNCC1. The predicted molar refractivity (Wildman–Crippen MR) is 74.1 cm³/mol. The van der Waals surface area contributed by atoms with Gasteiger partial charge in [-0.25, -0.2) is 0 Å². The molecule has 0 atom stereocenters. The third-order valence-corrected chi connectivity index (χ3v) is 3.27. The van der Waals surface area contributed by atoms with Crippen molar-refractivity contribution in [2.75, 3.05) is 32.7 Å². The van der Waals surface area contributed by atoms with Crippen molar-refractivity contribution in [1.82, 2.24) is 10.2 Å². The summed E-state index contributed by atoms with van der Waals surface area (Å²) in [6.45, 7) is 10.1. The maximum Gasteiger partial charge on any atom is 0.0194 e. The van der Waals surface area contributed by atoms with Crippen LogP contribution in [-0.4, -0.2) is 37.6 Å². The molecular weight excluding hydrogens is 208 g/mol. The van der Waals surface area contributed by atoms with Crippen LogP contribution in [0.25, 0.3) is 6.08 Å². The number of hydrogen-bond donors (Lipinski definition) is 1. The molecule has 0 radical (unpaired) electrons. The van der Waals surface area contributed by atoms with E-state index in [4.69, 9.17) is 0 Å². The van der Waals surface area contributed by atoms with Crippen molar-refractivity contribution in [2.45, 2.75) is 13.8 Å². The van der Waals surface area contributed by atoms with Crippen molar-refractivity contribution in [3.63, 3.8) is 0 Å². The van der Waals surface area contributed by atoms with E-state index in [9.17, 15) is 0 Å². The Hall–Kier alpha value is -1.12. The first-order chi connectivity index (χ1) is 8.25. The Morgan fingerprint density at radius 1 is 1.29 bits per heavy atom. The minimum Gasteiger partial charge on any atom is -0.314 e. The number of nitrogens with one attached hydrogen (secondary N) is 1. The van der Waals surface area contributed by atoms with Crippen LogP contribution < -0.4 is 5.32 Å². The fraction of sp³-hybridized carbons (Fsp3) is 0.467. The van der Waals surface area contributed by atoms with Crippen molar-refractivity contribution in [2.24, 2.45) is 0 Å². The lowest BCUT2D eigenvalue weighted by atomic mass is 10.1. The molecule has 1 fully saturated rings. The van der Waals surface area contributed by atoms with E-state index >= 15 is 0 Å². The van der Waals surface area contributed by atoms with Gasteiger partial charge in [0.15, 0.2) is 0 Å². The fourth-order valence-electron chi connectivity index (χ4n) is 2.28. The van der Waals surface area contributed by atoms with Gasteiger partial charge >= 0.3 is 0 Å². The Kier molecular flexibility index (Phi) is 4.35. The monoisotopic (exact) mass is 230 g/mol. The largest absolute Gasteiger partial charge is 0.314 e. The average molecular weight is 230 g/mol. The molecule has 92 valence electrons. The van der Waals surface area contributed by atoms with E-state index in [2.05, 4.69) is 54.4 Å². The molecule has 1 aromatic carbocycles. The van der Waals surface area contributed by atoms with Crippen LogP contribution in [0.15, 0.2) is 29.8 Å². The average Bonchev–Trinajstić information content (AvgIpc) is 2.33. The zero-order valence-electron chi connectivity index (χ0n) is 10.9. The molecule has 2 nitrogen and oxygen atoms in total. The molecule has 0 bridgehead atoms. The summed E-state index contributed by atoms with van der Waals surface area (Å²) in [5.41, 5.74) is 4.15. The smallest absolute Gasteiger partial charge is 0.0194 e. The lowest BCUT2D eigenvalue weighted by molar-refractivity contribution is 0.260. The van der Waals surface area contributed by atoms with Crippen molar-refractivity contribution in [3.05, 3.63) is 41.0 Å². The van der Waals surface area contributed by atoms with E-state index in [1.165, 1.54) is 29.8 Å². The lowest BCUT2D eigenvalue weighted by Gasteiger charge is -2.27. The van der Waals surface area contributed by atoms with Crippen LogP contribution in [0.2, 0.25) is 0 Å². The minimum atomic E-state index is 1.09. The van der Waals surface area contributed by atoms with Crippen LogP contribution in [0.4, 0.5) is 0 Å². The van der Waals surface area contributed by atoms with Gasteiger partial charge in [0.2, 0.25) is 0 Å². The molecule has 0 saturated carbocycles. The highest BCUT2D eigenvalue weighted by Crippen LogP contribution is 2.12. The number of nitrogens with zero attached hydrogens (tertiary/aromatic N) is 1. The van der Waals surface area contributed by atoms with Crippen LogP contribution in [0.3, 0.4) is 0 Å². The number of benzene rings is 1. The molecule has 1 aromatic rings. The first-order valence-corrected chi connectivity index (χ1v) is 6.41. The van der Waals surface area contributed by atoms with Gasteiger partial charge < -0.3 is 5.32 Å². The van der Waals surface area contributed by atoms with Gasteiger partial charge in [-0.1, -0.05) is 35.9 Å². The van der Waals surface area contributed by atoms with Gasteiger partial charge in [-0.15, -0.1) is 0 Å².